The van der Waals surface area contributed by atoms with Gasteiger partial charge in [0.15, 0.2) is 0 Å². The minimum Gasteiger partial charge on any atom is -0.497 e. The molecular formula is C10H13NO. The first kappa shape index (κ1) is 7.62. The molecular weight excluding hydrogens is 150 g/mol. The molecule has 2 N–H and O–H groups in total. The Bertz CT molecular complexity index is 296. The second-order valence-electron chi connectivity index (χ2n) is 3.21. The summed E-state index contributed by atoms with van der Waals surface area (Å²) in [6, 6.07) is 6.38. The maximum Gasteiger partial charge on any atom is 0.119 e. The molecule has 1 aliphatic rings. The Kier molecular flexibility index (Phi) is 1.77. The largest absolute Gasteiger partial charge is 0.497 e. The minimum absolute atomic E-state index is 0.218. The van der Waals surface area contributed by atoms with Gasteiger partial charge >= 0.3 is 0 Å². The predicted octanol–water partition coefficient (Wildman–Crippen LogP) is 1.64. The summed E-state index contributed by atoms with van der Waals surface area (Å²) in [4.78, 5) is 0. The number of hydrogen-bond acceptors (Lipinski definition) is 2. The van der Waals surface area contributed by atoms with E-state index in [2.05, 4.69) is 6.07 Å². The number of benzene rings is 1. The van der Waals surface area contributed by atoms with Gasteiger partial charge in [-0.1, -0.05) is 6.07 Å². The van der Waals surface area contributed by atoms with Gasteiger partial charge in [-0.05, 0) is 36.1 Å². The van der Waals surface area contributed by atoms with Gasteiger partial charge in [0, 0.05) is 6.04 Å². The van der Waals surface area contributed by atoms with Crippen molar-refractivity contribution >= 4 is 0 Å². The van der Waals surface area contributed by atoms with Crippen molar-refractivity contribution in [2.75, 3.05) is 7.11 Å². The van der Waals surface area contributed by atoms with Crippen molar-refractivity contribution in [2.24, 2.45) is 5.73 Å². The number of aryl methyl sites for hydroxylation is 1. The van der Waals surface area contributed by atoms with Gasteiger partial charge in [0.2, 0.25) is 0 Å². The lowest BCUT2D eigenvalue weighted by Crippen LogP contribution is -2.05. The van der Waals surface area contributed by atoms with Crippen LogP contribution in [0.25, 0.3) is 0 Å². The molecule has 0 bridgehead atoms. The molecule has 0 amide bonds. The van der Waals surface area contributed by atoms with Gasteiger partial charge in [-0.3, -0.25) is 0 Å². The van der Waals surface area contributed by atoms with Crippen molar-refractivity contribution in [3.05, 3.63) is 29.3 Å². The van der Waals surface area contributed by atoms with E-state index < -0.39 is 0 Å². The van der Waals surface area contributed by atoms with Crippen LogP contribution < -0.4 is 10.5 Å². The number of fused-ring (bicyclic) bond motifs is 1. The van der Waals surface area contributed by atoms with Crippen molar-refractivity contribution in [3.63, 3.8) is 0 Å². The zero-order valence-corrected chi connectivity index (χ0v) is 7.21. The van der Waals surface area contributed by atoms with Crippen LogP contribution in [0.5, 0.6) is 5.75 Å². The summed E-state index contributed by atoms with van der Waals surface area (Å²) in [7, 11) is 1.68. The van der Waals surface area contributed by atoms with Gasteiger partial charge in [0.25, 0.3) is 0 Å². The molecule has 1 unspecified atom stereocenters. The third kappa shape index (κ3) is 1.08. The van der Waals surface area contributed by atoms with E-state index in [0.717, 1.165) is 18.6 Å². The first-order valence-corrected chi connectivity index (χ1v) is 4.23. The van der Waals surface area contributed by atoms with Crippen molar-refractivity contribution in [1.82, 2.24) is 0 Å². The van der Waals surface area contributed by atoms with E-state index in [1.165, 1.54) is 11.1 Å². The molecule has 2 heteroatoms. The zero-order valence-electron chi connectivity index (χ0n) is 7.21. The van der Waals surface area contributed by atoms with Crippen LogP contribution in [0.2, 0.25) is 0 Å². The lowest BCUT2D eigenvalue weighted by molar-refractivity contribution is 0.414. The molecule has 64 valence electrons. The summed E-state index contributed by atoms with van der Waals surface area (Å²) in [5.74, 6) is 0.908. The Morgan fingerprint density at radius 3 is 3.08 bits per heavy atom. The predicted molar refractivity (Wildman–Crippen MR) is 48.2 cm³/mol. The van der Waals surface area contributed by atoms with Crippen LogP contribution in [0.3, 0.4) is 0 Å². The molecule has 0 heterocycles. The molecule has 12 heavy (non-hydrogen) atoms. The van der Waals surface area contributed by atoms with Crippen LogP contribution in [0.1, 0.15) is 23.6 Å². The summed E-state index contributed by atoms with van der Waals surface area (Å²) in [6.45, 7) is 0. The summed E-state index contributed by atoms with van der Waals surface area (Å²) < 4.78 is 5.13. The molecule has 2 rings (SSSR count). The number of rotatable bonds is 1. The molecule has 1 aromatic carbocycles. The molecule has 2 nitrogen and oxygen atoms in total. The lowest BCUT2D eigenvalue weighted by atomic mass is 10.1. The fourth-order valence-corrected chi connectivity index (χ4v) is 1.74. The van der Waals surface area contributed by atoms with Gasteiger partial charge in [0.05, 0.1) is 7.11 Å². The number of hydrogen-bond donors (Lipinski definition) is 1. The van der Waals surface area contributed by atoms with E-state index >= 15 is 0 Å². The third-order valence-electron chi connectivity index (χ3n) is 2.48. The molecule has 0 aromatic heterocycles. The van der Waals surface area contributed by atoms with Crippen LogP contribution in [-0.2, 0) is 6.42 Å². The first-order chi connectivity index (χ1) is 5.81. The first-order valence-electron chi connectivity index (χ1n) is 4.23. The standard InChI is InChI=1S/C10H13NO/c1-12-8-4-2-7-3-5-10(11)9(7)6-8/h2,4,6,10H,3,5,11H2,1H3. The minimum atomic E-state index is 0.218. The molecule has 0 saturated heterocycles. The Morgan fingerprint density at radius 1 is 1.50 bits per heavy atom. The van der Waals surface area contributed by atoms with Crippen molar-refractivity contribution in [2.45, 2.75) is 18.9 Å². The molecule has 0 saturated carbocycles. The van der Waals surface area contributed by atoms with Crippen LogP contribution >= 0.6 is 0 Å². The molecule has 0 radical (unpaired) electrons. The van der Waals surface area contributed by atoms with Gasteiger partial charge in [0.1, 0.15) is 5.75 Å². The maximum atomic E-state index is 5.91. The fourth-order valence-electron chi connectivity index (χ4n) is 1.74. The number of nitrogens with two attached hydrogens (primary N) is 1. The second-order valence-corrected chi connectivity index (χ2v) is 3.21. The quantitative estimate of drug-likeness (QED) is 0.683. The third-order valence-corrected chi connectivity index (χ3v) is 2.48. The highest BCUT2D eigenvalue weighted by atomic mass is 16.5. The molecule has 1 aromatic rings. The van der Waals surface area contributed by atoms with Gasteiger partial charge in [-0.25, -0.2) is 0 Å². The van der Waals surface area contributed by atoms with Gasteiger partial charge < -0.3 is 10.5 Å². The van der Waals surface area contributed by atoms with E-state index in [9.17, 15) is 0 Å². The van der Waals surface area contributed by atoms with Crippen molar-refractivity contribution < 1.29 is 4.74 Å². The molecule has 1 atom stereocenters. The van der Waals surface area contributed by atoms with Crippen LogP contribution in [-0.4, -0.2) is 7.11 Å². The summed E-state index contributed by atoms with van der Waals surface area (Å²) in [5.41, 5.74) is 8.55. The van der Waals surface area contributed by atoms with Gasteiger partial charge in [-0.2, -0.15) is 0 Å². The zero-order chi connectivity index (χ0) is 8.55. The number of methoxy groups -OCH3 is 1. The van der Waals surface area contributed by atoms with E-state index in [4.69, 9.17) is 10.5 Å². The van der Waals surface area contributed by atoms with Gasteiger partial charge in [-0.15, -0.1) is 0 Å². The monoisotopic (exact) mass is 163 g/mol. The average molecular weight is 163 g/mol. The molecule has 0 fully saturated rings. The molecule has 1 aliphatic carbocycles. The van der Waals surface area contributed by atoms with Crippen molar-refractivity contribution in [1.29, 1.82) is 0 Å². The highest BCUT2D eigenvalue weighted by Gasteiger charge is 2.18. The van der Waals surface area contributed by atoms with Crippen LogP contribution in [0.4, 0.5) is 0 Å². The SMILES string of the molecule is COc1ccc2c(c1)C(N)CC2. The topological polar surface area (TPSA) is 35.2 Å². The molecule has 0 spiro atoms. The Labute approximate surface area is 72.3 Å². The Balaban J connectivity index is 2.43. The number of ether oxygens (including phenoxy) is 1. The van der Waals surface area contributed by atoms with E-state index in [1.807, 2.05) is 12.1 Å². The lowest BCUT2D eigenvalue weighted by Gasteiger charge is -2.06. The van der Waals surface area contributed by atoms with Crippen LogP contribution in [0, 0.1) is 0 Å². The van der Waals surface area contributed by atoms with Crippen LogP contribution in [0.15, 0.2) is 18.2 Å². The second kappa shape index (κ2) is 2.79. The summed E-state index contributed by atoms with van der Waals surface area (Å²) in [5, 5.41) is 0. The van der Waals surface area contributed by atoms with E-state index in [0.29, 0.717) is 0 Å². The average Bonchev–Trinajstić information content (AvgIpc) is 2.47. The maximum absolute atomic E-state index is 5.91. The summed E-state index contributed by atoms with van der Waals surface area (Å²) in [6.07, 6.45) is 2.18. The highest BCUT2D eigenvalue weighted by molar-refractivity contribution is 5.40. The van der Waals surface area contributed by atoms with E-state index in [1.54, 1.807) is 7.11 Å². The van der Waals surface area contributed by atoms with E-state index in [-0.39, 0.29) is 6.04 Å². The summed E-state index contributed by atoms with van der Waals surface area (Å²) >= 11 is 0. The Hall–Kier alpha value is -1.02. The smallest absolute Gasteiger partial charge is 0.119 e. The molecule has 0 aliphatic heterocycles. The highest BCUT2D eigenvalue weighted by Crippen LogP contribution is 2.31. The normalized spacial score (nSPS) is 20.7. The van der Waals surface area contributed by atoms with Crippen molar-refractivity contribution in [3.8, 4) is 5.75 Å². The Morgan fingerprint density at radius 2 is 2.33 bits per heavy atom. The fraction of sp³-hybridized carbons (Fsp3) is 0.400.